The zero-order valence-corrected chi connectivity index (χ0v) is 10.8. The molecular weight excluding hydrogens is 226 g/mol. The smallest absolute Gasteiger partial charge is 0.137 e. The largest absolute Gasteiger partial charge is 0.387 e. The van der Waals surface area contributed by atoms with Gasteiger partial charge in [-0.05, 0) is 32.1 Å². The number of nitrogens with zero attached hydrogens (tertiary/aromatic N) is 3. The molecule has 1 aromatic rings. The van der Waals surface area contributed by atoms with E-state index in [2.05, 4.69) is 23.2 Å². The van der Waals surface area contributed by atoms with Crippen LogP contribution in [0.5, 0.6) is 0 Å². The summed E-state index contributed by atoms with van der Waals surface area (Å²) in [5, 5.41) is 15.2. The third-order valence-electron chi connectivity index (χ3n) is 4.19. The van der Waals surface area contributed by atoms with Crippen molar-refractivity contribution in [3.05, 3.63) is 38.0 Å². The molecule has 1 aliphatic carbocycles. The van der Waals surface area contributed by atoms with Crippen LogP contribution in [0.1, 0.15) is 32.1 Å². The first-order valence-electron chi connectivity index (χ1n) is 6.42. The molecule has 0 saturated heterocycles. The molecule has 1 aromatic heterocycles. The first kappa shape index (κ1) is 13.0. The summed E-state index contributed by atoms with van der Waals surface area (Å²) in [6.07, 6.45) is 11.4. The van der Waals surface area contributed by atoms with Crippen LogP contribution >= 0.6 is 0 Å². The van der Waals surface area contributed by atoms with E-state index in [-0.39, 0.29) is 5.41 Å². The highest BCUT2D eigenvalue weighted by Gasteiger charge is 2.52. The molecule has 98 valence electrons. The van der Waals surface area contributed by atoms with Gasteiger partial charge in [-0.1, -0.05) is 12.2 Å². The fourth-order valence-corrected chi connectivity index (χ4v) is 3.27. The Bertz CT molecular complexity index is 403. The van der Waals surface area contributed by atoms with Crippen molar-refractivity contribution >= 4 is 0 Å². The van der Waals surface area contributed by atoms with Crippen LogP contribution in [-0.2, 0) is 6.54 Å². The lowest BCUT2D eigenvalue weighted by Gasteiger charge is -2.41. The Labute approximate surface area is 108 Å². The molecule has 0 bridgehead atoms. The second kappa shape index (κ2) is 5.06. The maximum Gasteiger partial charge on any atom is 0.137 e. The highest BCUT2D eigenvalue weighted by Crippen LogP contribution is 2.52. The highest BCUT2D eigenvalue weighted by atomic mass is 16.3. The minimum Gasteiger partial charge on any atom is -0.387 e. The van der Waals surface area contributed by atoms with Gasteiger partial charge in [0.1, 0.15) is 12.7 Å². The van der Waals surface area contributed by atoms with E-state index in [9.17, 15) is 5.11 Å². The molecule has 0 aromatic carbocycles. The first-order chi connectivity index (χ1) is 8.66. The van der Waals surface area contributed by atoms with Gasteiger partial charge in [0.2, 0.25) is 0 Å². The van der Waals surface area contributed by atoms with Gasteiger partial charge in [0.15, 0.2) is 0 Å². The molecule has 1 N–H and O–H groups in total. The van der Waals surface area contributed by atoms with Crippen LogP contribution in [0, 0.1) is 5.41 Å². The van der Waals surface area contributed by atoms with Crippen LogP contribution in [0.15, 0.2) is 38.0 Å². The second-order valence-corrected chi connectivity index (χ2v) is 5.24. The second-order valence-electron chi connectivity index (χ2n) is 5.24. The van der Waals surface area contributed by atoms with E-state index in [1.807, 2.05) is 12.2 Å². The summed E-state index contributed by atoms with van der Waals surface area (Å²) in [5.41, 5.74) is -0.897. The Morgan fingerprint density at radius 3 is 2.56 bits per heavy atom. The van der Waals surface area contributed by atoms with Gasteiger partial charge in [-0.3, -0.25) is 4.68 Å². The van der Waals surface area contributed by atoms with Gasteiger partial charge in [-0.25, -0.2) is 4.98 Å². The zero-order valence-electron chi connectivity index (χ0n) is 10.8. The molecule has 1 fully saturated rings. The van der Waals surface area contributed by atoms with E-state index in [0.29, 0.717) is 6.54 Å². The molecular formula is C14H21N3O. The van der Waals surface area contributed by atoms with E-state index in [0.717, 1.165) is 32.1 Å². The van der Waals surface area contributed by atoms with Gasteiger partial charge in [-0.15, -0.1) is 13.2 Å². The number of aromatic nitrogens is 3. The van der Waals surface area contributed by atoms with E-state index in [4.69, 9.17) is 0 Å². The predicted octanol–water partition coefficient (Wildman–Crippen LogP) is 2.33. The van der Waals surface area contributed by atoms with Crippen LogP contribution < -0.4 is 0 Å². The van der Waals surface area contributed by atoms with Gasteiger partial charge < -0.3 is 5.11 Å². The summed E-state index contributed by atoms with van der Waals surface area (Å²) >= 11 is 0. The van der Waals surface area contributed by atoms with Crippen molar-refractivity contribution in [1.29, 1.82) is 0 Å². The van der Waals surface area contributed by atoms with Gasteiger partial charge in [0.05, 0.1) is 12.1 Å². The average Bonchev–Trinajstić information content (AvgIpc) is 2.91. The maximum atomic E-state index is 11.1. The molecule has 1 aliphatic rings. The van der Waals surface area contributed by atoms with E-state index in [1.54, 1.807) is 11.0 Å². The SMILES string of the molecule is C=CCC1(CC=C)CCCC1(O)Cn1cncn1. The molecule has 1 heterocycles. The topological polar surface area (TPSA) is 50.9 Å². The average molecular weight is 247 g/mol. The summed E-state index contributed by atoms with van der Waals surface area (Å²) < 4.78 is 1.71. The molecule has 1 atom stereocenters. The lowest BCUT2D eigenvalue weighted by Crippen LogP contribution is -2.47. The molecule has 0 radical (unpaired) electrons. The van der Waals surface area contributed by atoms with Crippen molar-refractivity contribution in [3.63, 3.8) is 0 Å². The highest BCUT2D eigenvalue weighted by molar-refractivity contribution is 5.08. The number of allylic oxidation sites excluding steroid dienone is 2. The number of hydrogen-bond donors (Lipinski definition) is 1. The molecule has 4 nitrogen and oxygen atoms in total. The van der Waals surface area contributed by atoms with Gasteiger partial charge in [0.25, 0.3) is 0 Å². The molecule has 0 amide bonds. The summed E-state index contributed by atoms with van der Waals surface area (Å²) in [7, 11) is 0. The molecule has 1 unspecified atom stereocenters. The van der Waals surface area contributed by atoms with Gasteiger partial charge >= 0.3 is 0 Å². The maximum absolute atomic E-state index is 11.1. The van der Waals surface area contributed by atoms with Gasteiger partial charge in [0, 0.05) is 5.41 Å². The lowest BCUT2D eigenvalue weighted by atomic mass is 9.69. The lowest BCUT2D eigenvalue weighted by molar-refractivity contribution is -0.0744. The Kier molecular flexibility index (Phi) is 3.66. The summed E-state index contributed by atoms with van der Waals surface area (Å²) in [4.78, 5) is 3.94. The number of hydrogen-bond acceptors (Lipinski definition) is 3. The predicted molar refractivity (Wildman–Crippen MR) is 70.9 cm³/mol. The fourth-order valence-electron chi connectivity index (χ4n) is 3.27. The number of aliphatic hydroxyl groups is 1. The minimum absolute atomic E-state index is 0.150. The van der Waals surface area contributed by atoms with Crippen molar-refractivity contribution in [2.75, 3.05) is 0 Å². The van der Waals surface area contributed by atoms with Crippen molar-refractivity contribution in [3.8, 4) is 0 Å². The summed E-state index contributed by atoms with van der Waals surface area (Å²) in [6.45, 7) is 8.16. The third-order valence-corrected chi connectivity index (χ3v) is 4.19. The molecule has 0 spiro atoms. The molecule has 18 heavy (non-hydrogen) atoms. The van der Waals surface area contributed by atoms with Gasteiger partial charge in [-0.2, -0.15) is 5.10 Å². The van der Waals surface area contributed by atoms with Crippen LogP contribution in [0.25, 0.3) is 0 Å². The Morgan fingerprint density at radius 1 is 1.28 bits per heavy atom. The summed E-state index contributed by atoms with van der Waals surface area (Å²) in [6, 6.07) is 0. The molecule has 0 aliphatic heterocycles. The van der Waals surface area contributed by atoms with Crippen LogP contribution in [0.3, 0.4) is 0 Å². The van der Waals surface area contributed by atoms with Crippen molar-refractivity contribution in [2.45, 2.75) is 44.2 Å². The summed E-state index contributed by atoms with van der Waals surface area (Å²) in [5.74, 6) is 0. The van der Waals surface area contributed by atoms with E-state index < -0.39 is 5.60 Å². The zero-order chi connectivity index (χ0) is 13.1. The van der Waals surface area contributed by atoms with E-state index >= 15 is 0 Å². The van der Waals surface area contributed by atoms with Crippen LogP contribution in [-0.4, -0.2) is 25.5 Å². The van der Waals surface area contributed by atoms with Crippen LogP contribution in [0.2, 0.25) is 0 Å². The molecule has 1 saturated carbocycles. The Hall–Kier alpha value is -1.42. The minimum atomic E-state index is -0.747. The normalized spacial score (nSPS) is 26.1. The van der Waals surface area contributed by atoms with Crippen LogP contribution in [0.4, 0.5) is 0 Å². The number of rotatable bonds is 6. The molecule has 4 heteroatoms. The Balaban J connectivity index is 2.26. The monoisotopic (exact) mass is 247 g/mol. The molecule has 2 rings (SSSR count). The third kappa shape index (κ3) is 2.12. The fraction of sp³-hybridized carbons (Fsp3) is 0.571. The van der Waals surface area contributed by atoms with Crippen molar-refractivity contribution in [1.82, 2.24) is 14.8 Å². The van der Waals surface area contributed by atoms with E-state index in [1.165, 1.54) is 6.33 Å². The quantitative estimate of drug-likeness (QED) is 0.785. The standard InChI is InChI=1S/C14H21N3O/c1-3-6-13(7-4-2)8-5-9-14(13,18)10-17-12-15-11-16-17/h3-4,11-12,18H,1-2,5-10H2. The Morgan fingerprint density at radius 2 is 2.00 bits per heavy atom. The van der Waals surface area contributed by atoms with Crippen molar-refractivity contribution < 1.29 is 5.11 Å². The van der Waals surface area contributed by atoms with Crippen molar-refractivity contribution in [2.24, 2.45) is 5.41 Å². The first-order valence-corrected chi connectivity index (χ1v) is 6.42.